The van der Waals surface area contributed by atoms with Gasteiger partial charge in [-0.25, -0.2) is 4.70 Å². The number of benzene rings is 2. The van der Waals surface area contributed by atoms with Crippen LogP contribution in [0.25, 0.3) is 16.9 Å². The van der Waals surface area contributed by atoms with Crippen molar-refractivity contribution < 1.29 is 24.0 Å². The largest absolute Gasteiger partial charge is 1.00 e. The third-order valence-corrected chi connectivity index (χ3v) is 9.63. The Hall–Kier alpha value is -1.99. The number of aryl methyl sites for hydroxylation is 4. The number of nitrogens with zero attached hydrogens (tertiary/aromatic N) is 2. The van der Waals surface area contributed by atoms with Gasteiger partial charge in [0.1, 0.15) is 0 Å². The fourth-order valence-corrected chi connectivity index (χ4v) is 6.92. The minimum Gasteiger partial charge on any atom is -1.00 e. The molecule has 0 spiro atoms. The molecule has 0 aromatic heterocycles. The van der Waals surface area contributed by atoms with E-state index in [9.17, 15) is 5.53 Å². The van der Waals surface area contributed by atoms with Crippen LogP contribution in [0.4, 0.5) is 0 Å². The summed E-state index contributed by atoms with van der Waals surface area (Å²) in [4.78, 5) is 0. The van der Waals surface area contributed by atoms with Crippen LogP contribution < -0.4 is 0 Å². The molecule has 0 N–H and O–H groups in total. The Labute approximate surface area is 291 Å². The third kappa shape index (κ3) is 10.5. The summed E-state index contributed by atoms with van der Waals surface area (Å²) in [5.41, 5.74) is 26.9. The van der Waals surface area contributed by atoms with E-state index < -0.39 is 0 Å². The summed E-state index contributed by atoms with van der Waals surface area (Å²) in [6, 6.07) is 9.73. The number of rotatable bonds is 21. The zero-order valence-corrected chi connectivity index (χ0v) is 31.0. The average molecular weight is 658 g/mol. The minimum absolute atomic E-state index is 0. The summed E-state index contributed by atoms with van der Waals surface area (Å²) in [5, 5.41) is 0. The molecule has 1 heterocycles. The van der Waals surface area contributed by atoms with Gasteiger partial charge in [-0.2, -0.15) is 0 Å². The molecule has 0 aliphatic carbocycles. The number of hydrogen-bond acceptors (Lipinski definition) is 0. The molecule has 0 saturated carbocycles. The molecule has 256 valence electrons. The summed E-state index contributed by atoms with van der Waals surface area (Å²) in [6.07, 6.45) is 24.7. The Kier molecular flexibility index (Phi) is 18.3. The van der Waals surface area contributed by atoms with E-state index in [2.05, 4.69) is 78.8 Å². The predicted molar refractivity (Wildman–Crippen MR) is 196 cm³/mol. The van der Waals surface area contributed by atoms with Gasteiger partial charge >= 0.3 is 0 Å². The van der Waals surface area contributed by atoms with Crippen LogP contribution in [0.15, 0.2) is 35.9 Å². The molecule has 45 heavy (non-hydrogen) atoms. The third-order valence-electron chi connectivity index (χ3n) is 9.63. The van der Waals surface area contributed by atoms with Crippen molar-refractivity contribution in [3.05, 3.63) is 86.0 Å². The first-order valence-electron chi connectivity index (χ1n) is 18.7. The predicted octanol–water partition coefficient (Wildman–Crippen LogP) is 13.2. The Morgan fingerprint density at radius 2 is 0.844 bits per heavy atom. The first kappa shape index (κ1) is 39.2. The van der Waals surface area contributed by atoms with Crippen LogP contribution in [0.3, 0.4) is 0 Å². The van der Waals surface area contributed by atoms with Crippen molar-refractivity contribution in [1.82, 2.24) is 0 Å². The van der Waals surface area contributed by atoms with Gasteiger partial charge in [0.05, 0.1) is 0 Å². The van der Waals surface area contributed by atoms with Gasteiger partial charge in [-0.3, -0.25) is 0 Å². The maximum Gasteiger partial charge on any atom is 0.210 e. The molecule has 0 atom stereocenters. The monoisotopic (exact) mass is 656 g/mol. The van der Waals surface area contributed by atoms with E-state index in [1.165, 1.54) is 129 Å². The Morgan fingerprint density at radius 3 is 1.18 bits per heavy atom. The molecule has 0 amide bonds. The number of hydrogen-bond donors (Lipinski definition) is 0. The molecule has 1 aliphatic heterocycles. The van der Waals surface area contributed by atoms with Crippen LogP contribution in [-0.2, 0) is 55.0 Å². The first-order valence-corrected chi connectivity index (χ1v) is 18.7. The zero-order valence-electron chi connectivity index (χ0n) is 32.0. The van der Waals surface area contributed by atoms with Crippen molar-refractivity contribution >= 4 is 11.4 Å². The van der Waals surface area contributed by atoms with Gasteiger partial charge in [-0.15, -0.1) is 0 Å². The molecule has 1 aliphatic rings. The summed E-state index contributed by atoms with van der Waals surface area (Å²) in [7, 11) is 0. The van der Waals surface area contributed by atoms with Crippen molar-refractivity contribution in [2.24, 2.45) is 0 Å². The van der Waals surface area contributed by atoms with E-state index in [0.29, 0.717) is 0 Å². The van der Waals surface area contributed by atoms with Crippen molar-refractivity contribution in [1.29, 1.82) is 0 Å². The van der Waals surface area contributed by atoms with Crippen molar-refractivity contribution in [2.45, 2.75) is 170 Å². The molecule has 2 aromatic rings. The molecule has 0 fully saturated rings. The normalized spacial score (nSPS) is 13.0. The second-order valence-corrected chi connectivity index (χ2v) is 13.2. The second-order valence-electron chi connectivity index (χ2n) is 13.2. The van der Waals surface area contributed by atoms with E-state index in [0.717, 1.165) is 43.5 Å². The molecule has 3 heteroatoms. The summed E-state index contributed by atoms with van der Waals surface area (Å²) < 4.78 is 1.56. The Bertz CT molecular complexity index is 1240. The van der Waals surface area contributed by atoms with E-state index in [-0.39, 0.29) is 19.3 Å². The maximum absolute atomic E-state index is 12.1. The quantitative estimate of drug-likeness (QED) is 0.0943. The van der Waals surface area contributed by atoms with Gasteiger partial charge in [0, 0.05) is 39.3 Å². The topological polar surface area (TPSA) is 25.3 Å². The van der Waals surface area contributed by atoms with Gasteiger partial charge in [0.25, 0.3) is 0 Å². The van der Waals surface area contributed by atoms with Crippen LogP contribution in [0.5, 0.6) is 0 Å². The second kappa shape index (κ2) is 21.0. The van der Waals surface area contributed by atoms with Crippen LogP contribution >= 0.6 is 0 Å². The molecule has 0 radical (unpaired) electrons. The molecule has 2 nitrogen and oxygen atoms in total. The van der Waals surface area contributed by atoms with Gasteiger partial charge < -0.3 is 8.38 Å². The molecular formula is C42H66N2Ni-2. The molecule has 0 bridgehead atoms. The van der Waals surface area contributed by atoms with Crippen molar-refractivity contribution in [3.63, 3.8) is 0 Å². The Morgan fingerprint density at radius 1 is 0.511 bits per heavy atom. The smallest absolute Gasteiger partial charge is 0.210 e. The van der Waals surface area contributed by atoms with Crippen LogP contribution in [0, 0.1) is 0 Å². The minimum atomic E-state index is 0. The van der Waals surface area contributed by atoms with Gasteiger partial charge in [-0.05, 0) is 141 Å². The standard InChI is InChI=1S/C42H64N2.Ni.2H/c1-8-15-21-33-27-37(28-34(22-16-9-2)39(33)25-19-12-5)41-31-32(14-7)42(44(41)43)38-29-35(23-17-10-3)40(26-20-13-6)36(30-38)24-18-11-4;;;/h27-31H,8-26H2,1-7H3;;;/q;;2*-1. The number of unbranched alkanes of at least 4 members (excludes halogenated alkanes) is 6. The Balaban J connectivity index is 0.00000705. The average Bonchev–Trinajstić information content (AvgIpc) is 3.38. The maximum atomic E-state index is 12.1. The SMILES string of the molecule is CCCCc1cc(C2=CC(CC)=C(c3cc(CCCC)c(CCCC)c(CCCC)c3)[N+]2=[N-])cc(CCCC)c1CCCC.[H-].[H-].[Ni]. The molecule has 3 rings (SSSR count). The van der Waals surface area contributed by atoms with Gasteiger partial charge in [0.15, 0.2) is 0 Å². The van der Waals surface area contributed by atoms with Crippen LogP contribution in [0.1, 0.15) is 179 Å². The molecule has 0 unspecified atom stereocenters. The van der Waals surface area contributed by atoms with E-state index in [1.54, 1.807) is 15.8 Å². The van der Waals surface area contributed by atoms with E-state index in [1.807, 2.05) is 0 Å². The molecule has 2 aromatic carbocycles. The summed E-state index contributed by atoms with van der Waals surface area (Å²) >= 11 is 0. The molecule has 0 saturated heterocycles. The van der Waals surface area contributed by atoms with Crippen LogP contribution in [-0.4, -0.2) is 4.70 Å². The number of allylic oxidation sites excluding steroid dienone is 2. The van der Waals surface area contributed by atoms with Gasteiger partial charge in [0.2, 0.25) is 11.4 Å². The van der Waals surface area contributed by atoms with Crippen LogP contribution in [0.2, 0.25) is 0 Å². The first-order chi connectivity index (χ1) is 21.5. The zero-order chi connectivity index (χ0) is 31.9. The summed E-state index contributed by atoms with van der Waals surface area (Å²) in [5.74, 6) is 0. The fourth-order valence-electron chi connectivity index (χ4n) is 6.92. The van der Waals surface area contributed by atoms with E-state index in [4.69, 9.17) is 0 Å². The summed E-state index contributed by atoms with van der Waals surface area (Å²) in [6.45, 7) is 16.0. The van der Waals surface area contributed by atoms with Gasteiger partial charge in [-0.1, -0.05) is 87.0 Å². The molecular weight excluding hydrogens is 591 g/mol. The van der Waals surface area contributed by atoms with E-state index >= 15 is 0 Å². The van der Waals surface area contributed by atoms with Crippen molar-refractivity contribution in [2.75, 3.05) is 0 Å². The van der Waals surface area contributed by atoms with Crippen molar-refractivity contribution in [3.8, 4) is 0 Å². The fraction of sp³-hybridized carbons (Fsp3) is 0.619.